The Morgan fingerprint density at radius 1 is 0.917 bits per heavy atom. The molecule has 0 rings (SSSR count). The molecule has 36 heavy (non-hydrogen) atoms. The normalized spacial score (nSPS) is 13.1. The third-order valence-electron chi connectivity index (χ3n) is 3.84. The summed E-state index contributed by atoms with van der Waals surface area (Å²) in [6, 6.07) is -0.983. The standard InChI is InChI=1S/C7H13NO4S.C6H11N3O2.C4H10O6S2/c1-4-6(9)8-7(2,3)5-13(10,11)12;1-4-8-6(11)9(3)5(10)7-2;1-3(11(5,6)7)4(2)12(8,9)10/h4H,1,5H2,2-3H3,(H,8,9)(H,10,11,12);4H,1H2,2-3H3,(H,7,10)(H,8,11);3-4H,1-2H3,(H,5,6,7)(H,8,9,10). The number of nitrogens with one attached hydrogen (secondary N) is 3. The van der Waals surface area contributed by atoms with Gasteiger partial charge >= 0.3 is 12.1 Å². The highest BCUT2D eigenvalue weighted by Gasteiger charge is 2.32. The van der Waals surface area contributed by atoms with Crippen LogP contribution in [0.25, 0.3) is 0 Å². The van der Waals surface area contributed by atoms with Gasteiger partial charge in [-0.1, -0.05) is 13.2 Å². The van der Waals surface area contributed by atoms with Crippen molar-refractivity contribution in [3.05, 3.63) is 25.4 Å². The summed E-state index contributed by atoms with van der Waals surface area (Å²) in [6.07, 6.45) is 2.24. The van der Waals surface area contributed by atoms with E-state index in [4.69, 9.17) is 13.7 Å². The van der Waals surface area contributed by atoms with Gasteiger partial charge in [-0.2, -0.15) is 25.3 Å². The molecule has 19 heteroatoms. The summed E-state index contributed by atoms with van der Waals surface area (Å²) < 4.78 is 88.0. The first kappa shape index (κ1) is 38.0. The van der Waals surface area contributed by atoms with Crippen LogP contribution in [0.4, 0.5) is 9.59 Å². The Hall–Kier alpha value is -2.58. The molecular weight excluding hydrogens is 548 g/mol. The average Bonchev–Trinajstić information content (AvgIpc) is 2.68. The van der Waals surface area contributed by atoms with Crippen molar-refractivity contribution >= 4 is 48.3 Å². The highest BCUT2D eigenvalue weighted by molar-refractivity contribution is 7.90. The summed E-state index contributed by atoms with van der Waals surface area (Å²) >= 11 is 0. The summed E-state index contributed by atoms with van der Waals surface area (Å²) in [5.41, 5.74) is -1.00. The van der Waals surface area contributed by atoms with Crippen molar-refractivity contribution in [1.29, 1.82) is 0 Å². The third kappa shape index (κ3) is 18.7. The lowest BCUT2D eigenvalue weighted by atomic mass is 10.1. The van der Waals surface area contributed by atoms with Gasteiger partial charge in [0.05, 0.1) is 11.3 Å². The van der Waals surface area contributed by atoms with Crippen LogP contribution in [0.5, 0.6) is 0 Å². The Morgan fingerprint density at radius 3 is 1.56 bits per heavy atom. The van der Waals surface area contributed by atoms with Crippen molar-refractivity contribution in [3.8, 4) is 0 Å². The zero-order valence-corrected chi connectivity index (χ0v) is 23.1. The lowest BCUT2D eigenvalue weighted by molar-refractivity contribution is -0.117. The SMILES string of the molecule is C=CC(=O)NC(C)(C)CS(=O)(=O)O.C=CNC(=O)N(C)C(=O)NC.CC(C(C)S(=O)(=O)O)S(=O)(=O)O. The highest BCUT2D eigenvalue weighted by Crippen LogP contribution is 2.10. The van der Waals surface area contributed by atoms with Crippen LogP contribution in [0.3, 0.4) is 0 Å². The van der Waals surface area contributed by atoms with Crippen molar-refractivity contribution in [2.75, 3.05) is 19.8 Å². The fourth-order valence-corrected chi connectivity index (χ4v) is 4.60. The maximum atomic E-state index is 10.8. The molecule has 0 aromatic heterocycles. The van der Waals surface area contributed by atoms with Gasteiger partial charge in [0, 0.05) is 14.1 Å². The van der Waals surface area contributed by atoms with Crippen molar-refractivity contribution in [2.24, 2.45) is 0 Å². The fraction of sp³-hybridized carbons (Fsp3) is 0.588. The zero-order chi connectivity index (χ0) is 29.7. The molecule has 0 bridgehead atoms. The number of hydrogen-bond acceptors (Lipinski definition) is 9. The zero-order valence-electron chi connectivity index (χ0n) is 20.6. The van der Waals surface area contributed by atoms with Gasteiger partial charge in [-0.15, -0.1) is 0 Å². The first-order valence-corrected chi connectivity index (χ1v) is 14.2. The summed E-state index contributed by atoms with van der Waals surface area (Å²) in [5, 5.41) is 3.84. The largest absolute Gasteiger partial charge is 0.347 e. The molecule has 0 aliphatic carbocycles. The minimum Gasteiger partial charge on any atom is -0.347 e. The van der Waals surface area contributed by atoms with Gasteiger partial charge in [0.1, 0.15) is 10.5 Å². The van der Waals surface area contributed by atoms with Crippen molar-refractivity contribution < 1.29 is 53.3 Å². The van der Waals surface area contributed by atoms with Gasteiger partial charge in [-0.3, -0.25) is 18.5 Å². The van der Waals surface area contributed by atoms with E-state index in [1.54, 1.807) is 0 Å². The molecule has 0 fully saturated rings. The average molecular weight is 583 g/mol. The molecule has 0 heterocycles. The van der Waals surface area contributed by atoms with Crippen LogP contribution < -0.4 is 16.0 Å². The van der Waals surface area contributed by atoms with E-state index in [9.17, 15) is 39.6 Å². The van der Waals surface area contributed by atoms with Crippen LogP contribution >= 0.6 is 0 Å². The second-order valence-corrected chi connectivity index (χ2v) is 12.5. The van der Waals surface area contributed by atoms with E-state index in [1.165, 1.54) is 34.1 Å². The van der Waals surface area contributed by atoms with E-state index in [0.29, 0.717) is 0 Å². The molecule has 5 amide bonds. The molecule has 2 unspecified atom stereocenters. The molecule has 212 valence electrons. The van der Waals surface area contributed by atoms with Crippen LogP contribution in [-0.4, -0.2) is 97.7 Å². The highest BCUT2D eigenvalue weighted by atomic mass is 32.2. The lowest BCUT2D eigenvalue weighted by Crippen LogP contribution is -2.47. The Balaban J connectivity index is -0.000000455. The minimum atomic E-state index is -4.42. The van der Waals surface area contributed by atoms with Crippen LogP contribution in [0.15, 0.2) is 25.4 Å². The van der Waals surface area contributed by atoms with Gasteiger partial charge < -0.3 is 16.0 Å². The quantitative estimate of drug-likeness (QED) is 0.158. The monoisotopic (exact) mass is 582 g/mol. The molecule has 16 nitrogen and oxygen atoms in total. The van der Waals surface area contributed by atoms with Crippen molar-refractivity contribution in [3.63, 3.8) is 0 Å². The number of carbonyl (C=O) groups excluding carboxylic acids is 3. The van der Waals surface area contributed by atoms with E-state index < -0.39 is 70.1 Å². The van der Waals surface area contributed by atoms with Crippen LogP contribution in [0, 0.1) is 0 Å². The van der Waals surface area contributed by atoms with Gasteiger partial charge in [0.25, 0.3) is 30.4 Å². The van der Waals surface area contributed by atoms with E-state index in [0.717, 1.165) is 24.8 Å². The summed E-state index contributed by atoms with van der Waals surface area (Å²) in [6.45, 7) is 11.5. The molecule has 0 aromatic rings. The fourth-order valence-electron chi connectivity index (χ4n) is 1.81. The molecule has 0 aliphatic rings. The molecule has 0 radical (unpaired) electrons. The molecule has 0 spiro atoms. The second-order valence-electron chi connectivity index (χ2n) is 7.51. The van der Waals surface area contributed by atoms with Gasteiger partial charge in [-0.05, 0) is 40.0 Å². The predicted octanol–water partition coefficient (Wildman–Crippen LogP) is -0.395. The Labute approximate surface area is 211 Å². The molecule has 0 saturated heterocycles. The van der Waals surface area contributed by atoms with Crippen molar-refractivity contribution in [1.82, 2.24) is 20.9 Å². The molecule has 6 N–H and O–H groups in total. The summed E-state index contributed by atoms with van der Waals surface area (Å²) in [4.78, 5) is 33.3. The Morgan fingerprint density at radius 2 is 1.31 bits per heavy atom. The molecule has 0 saturated carbocycles. The number of hydrogen-bond donors (Lipinski definition) is 6. The first-order valence-electron chi connectivity index (χ1n) is 9.55. The number of nitrogens with zero attached hydrogens (tertiary/aromatic N) is 1. The number of amides is 5. The lowest BCUT2D eigenvalue weighted by Gasteiger charge is -2.23. The summed E-state index contributed by atoms with van der Waals surface area (Å²) in [7, 11) is -10.1. The molecule has 2 atom stereocenters. The minimum absolute atomic E-state index is 0.468. The Kier molecular flexibility index (Phi) is 16.4. The van der Waals surface area contributed by atoms with E-state index >= 15 is 0 Å². The third-order valence-corrected chi connectivity index (χ3v) is 7.79. The number of urea groups is 2. The van der Waals surface area contributed by atoms with Gasteiger partial charge in [-0.25, -0.2) is 14.5 Å². The predicted molar refractivity (Wildman–Crippen MR) is 132 cm³/mol. The van der Waals surface area contributed by atoms with Crippen LogP contribution in [-0.2, 0) is 35.1 Å². The van der Waals surface area contributed by atoms with E-state index in [1.807, 2.05) is 0 Å². The number of rotatable bonds is 8. The Bertz CT molecular complexity index is 1060. The van der Waals surface area contributed by atoms with Gasteiger partial charge in [0.15, 0.2) is 0 Å². The first-order chi connectivity index (χ1) is 15.9. The smallest absolute Gasteiger partial charge is 0.329 e. The molecular formula is C17H34N4O12S3. The molecule has 0 aromatic carbocycles. The maximum Gasteiger partial charge on any atom is 0.329 e. The number of imide groups is 1. The van der Waals surface area contributed by atoms with E-state index in [2.05, 4.69) is 29.1 Å². The van der Waals surface area contributed by atoms with Gasteiger partial charge in [0.2, 0.25) is 5.91 Å². The maximum absolute atomic E-state index is 10.8. The topological polar surface area (TPSA) is 254 Å². The van der Waals surface area contributed by atoms with Crippen LogP contribution in [0.1, 0.15) is 27.7 Å². The van der Waals surface area contributed by atoms with Crippen LogP contribution in [0.2, 0.25) is 0 Å². The van der Waals surface area contributed by atoms with E-state index in [-0.39, 0.29) is 0 Å². The second kappa shape index (κ2) is 15.5. The molecule has 0 aliphatic heterocycles. The summed E-state index contributed by atoms with van der Waals surface area (Å²) in [5.74, 6) is -1.01. The number of carbonyl (C=O) groups is 3. The van der Waals surface area contributed by atoms with Crippen molar-refractivity contribution in [2.45, 2.75) is 43.7 Å².